The highest BCUT2D eigenvalue weighted by Crippen LogP contribution is 1.91. The van der Waals surface area contributed by atoms with Crippen LogP contribution in [0.25, 0.3) is 0 Å². The van der Waals surface area contributed by atoms with Crippen molar-refractivity contribution >= 4 is 27.5 Å². The predicted octanol–water partition coefficient (Wildman–Crippen LogP) is 0.449. The molecule has 0 aliphatic rings. The van der Waals surface area contributed by atoms with Crippen LogP contribution in [0.15, 0.2) is 0 Å². The standard InChI is InChI=1S/C9H19ClN2O3S/c1-3-8(2)12-9(13)4-6-11-16(14,15)7-5-10/h8,11H,3-7H2,1-2H3,(H,12,13). The molecule has 0 aromatic heterocycles. The molecular weight excluding hydrogens is 252 g/mol. The number of rotatable bonds is 8. The smallest absolute Gasteiger partial charge is 0.221 e. The Hall–Kier alpha value is -0.330. The summed E-state index contributed by atoms with van der Waals surface area (Å²) in [6.45, 7) is 3.98. The van der Waals surface area contributed by atoms with Gasteiger partial charge in [-0.15, -0.1) is 11.6 Å². The lowest BCUT2D eigenvalue weighted by Crippen LogP contribution is -2.35. The molecule has 1 atom stereocenters. The third-order valence-electron chi connectivity index (χ3n) is 2.04. The second kappa shape index (κ2) is 7.86. The first-order valence-corrected chi connectivity index (χ1v) is 7.42. The van der Waals surface area contributed by atoms with Gasteiger partial charge in [-0.05, 0) is 13.3 Å². The number of sulfonamides is 1. The average Bonchev–Trinajstić information content (AvgIpc) is 2.16. The van der Waals surface area contributed by atoms with Gasteiger partial charge >= 0.3 is 0 Å². The molecule has 0 aliphatic heterocycles. The van der Waals surface area contributed by atoms with Crippen LogP contribution in [0.2, 0.25) is 0 Å². The summed E-state index contributed by atoms with van der Waals surface area (Å²) in [5.74, 6) is -0.224. The van der Waals surface area contributed by atoms with Crippen molar-refractivity contribution in [3.63, 3.8) is 0 Å². The maximum Gasteiger partial charge on any atom is 0.221 e. The number of alkyl halides is 1. The monoisotopic (exact) mass is 270 g/mol. The molecule has 16 heavy (non-hydrogen) atoms. The summed E-state index contributed by atoms with van der Waals surface area (Å²) in [4.78, 5) is 11.3. The summed E-state index contributed by atoms with van der Waals surface area (Å²) >= 11 is 5.32. The molecule has 0 fully saturated rings. The minimum Gasteiger partial charge on any atom is -0.354 e. The lowest BCUT2D eigenvalue weighted by atomic mass is 10.2. The van der Waals surface area contributed by atoms with Crippen LogP contribution >= 0.6 is 11.6 Å². The number of hydrogen-bond donors (Lipinski definition) is 2. The SMILES string of the molecule is CCC(C)NC(=O)CCNS(=O)(=O)CCCl. The molecule has 96 valence electrons. The summed E-state index contributed by atoms with van der Waals surface area (Å²) in [5.41, 5.74) is 0. The van der Waals surface area contributed by atoms with Crippen molar-refractivity contribution < 1.29 is 13.2 Å². The van der Waals surface area contributed by atoms with Crippen molar-refractivity contribution in [2.24, 2.45) is 0 Å². The molecule has 0 aliphatic carbocycles. The second-order valence-electron chi connectivity index (χ2n) is 3.53. The van der Waals surface area contributed by atoms with Gasteiger partial charge < -0.3 is 5.32 Å². The van der Waals surface area contributed by atoms with E-state index in [0.29, 0.717) is 0 Å². The third kappa shape index (κ3) is 7.90. The number of hydrogen-bond acceptors (Lipinski definition) is 3. The maximum absolute atomic E-state index is 11.3. The van der Waals surface area contributed by atoms with E-state index in [2.05, 4.69) is 10.0 Å². The fourth-order valence-corrected chi connectivity index (χ4v) is 2.31. The van der Waals surface area contributed by atoms with E-state index in [1.807, 2.05) is 13.8 Å². The first-order valence-electron chi connectivity index (χ1n) is 5.24. The van der Waals surface area contributed by atoms with Gasteiger partial charge in [0, 0.05) is 24.9 Å². The first kappa shape index (κ1) is 15.7. The average molecular weight is 271 g/mol. The van der Waals surface area contributed by atoms with Gasteiger partial charge in [-0.2, -0.15) is 0 Å². The van der Waals surface area contributed by atoms with Gasteiger partial charge in [-0.25, -0.2) is 13.1 Å². The number of carbonyl (C=O) groups is 1. The van der Waals surface area contributed by atoms with Crippen molar-refractivity contribution in [2.45, 2.75) is 32.7 Å². The van der Waals surface area contributed by atoms with Crippen LogP contribution in [0.5, 0.6) is 0 Å². The van der Waals surface area contributed by atoms with E-state index in [-0.39, 0.29) is 36.5 Å². The highest BCUT2D eigenvalue weighted by atomic mass is 35.5. The topological polar surface area (TPSA) is 75.3 Å². The van der Waals surface area contributed by atoms with Gasteiger partial charge in [-0.3, -0.25) is 4.79 Å². The second-order valence-corrected chi connectivity index (χ2v) is 5.83. The molecule has 2 N–H and O–H groups in total. The largest absolute Gasteiger partial charge is 0.354 e. The van der Waals surface area contributed by atoms with Crippen molar-refractivity contribution in [2.75, 3.05) is 18.2 Å². The number of carbonyl (C=O) groups excluding carboxylic acids is 1. The van der Waals surface area contributed by atoms with E-state index < -0.39 is 10.0 Å². The third-order valence-corrected chi connectivity index (χ3v) is 3.84. The minimum absolute atomic E-state index is 0.0500. The van der Waals surface area contributed by atoms with Crippen molar-refractivity contribution in [1.29, 1.82) is 0 Å². The number of halogens is 1. The lowest BCUT2D eigenvalue weighted by Gasteiger charge is -2.11. The highest BCUT2D eigenvalue weighted by molar-refractivity contribution is 7.89. The van der Waals surface area contributed by atoms with Crippen molar-refractivity contribution in [1.82, 2.24) is 10.0 Å². The molecule has 0 rings (SSSR count). The van der Waals surface area contributed by atoms with Crippen LogP contribution in [0.4, 0.5) is 0 Å². The Morgan fingerprint density at radius 1 is 1.44 bits per heavy atom. The Bertz CT molecular complexity index is 306. The summed E-state index contributed by atoms with van der Waals surface area (Å²) in [5, 5.41) is 2.75. The first-order chi connectivity index (χ1) is 7.41. The quantitative estimate of drug-likeness (QED) is 0.629. The lowest BCUT2D eigenvalue weighted by molar-refractivity contribution is -0.121. The van der Waals surface area contributed by atoms with Crippen LogP contribution in [0.1, 0.15) is 26.7 Å². The summed E-state index contributed by atoms with van der Waals surface area (Å²) in [6, 6.07) is 0.118. The van der Waals surface area contributed by atoms with Crippen LogP contribution in [0.3, 0.4) is 0 Å². The van der Waals surface area contributed by atoms with Gasteiger partial charge in [0.15, 0.2) is 0 Å². The van der Waals surface area contributed by atoms with E-state index in [9.17, 15) is 13.2 Å². The Labute approximate surface area is 102 Å². The Morgan fingerprint density at radius 3 is 2.56 bits per heavy atom. The van der Waals surface area contributed by atoms with Crippen LogP contribution in [-0.4, -0.2) is 38.5 Å². The molecule has 1 amide bonds. The van der Waals surface area contributed by atoms with Crippen molar-refractivity contribution in [3.8, 4) is 0 Å². The zero-order valence-corrected chi connectivity index (χ0v) is 11.2. The number of nitrogens with one attached hydrogen (secondary N) is 2. The Kier molecular flexibility index (Phi) is 7.70. The Balaban J connectivity index is 3.78. The fourth-order valence-electron chi connectivity index (χ4n) is 0.943. The van der Waals surface area contributed by atoms with Gasteiger partial charge in [-0.1, -0.05) is 6.92 Å². The molecule has 0 heterocycles. The van der Waals surface area contributed by atoms with E-state index in [0.717, 1.165) is 6.42 Å². The molecule has 5 nitrogen and oxygen atoms in total. The zero-order valence-electron chi connectivity index (χ0n) is 9.62. The van der Waals surface area contributed by atoms with E-state index >= 15 is 0 Å². The molecule has 0 aromatic rings. The maximum atomic E-state index is 11.3. The summed E-state index contributed by atoms with van der Waals surface area (Å²) < 4.78 is 24.6. The predicted molar refractivity (Wildman–Crippen MR) is 65.0 cm³/mol. The van der Waals surface area contributed by atoms with Gasteiger partial charge in [0.25, 0.3) is 0 Å². The summed E-state index contributed by atoms with van der Waals surface area (Å²) in [6.07, 6.45) is 0.996. The molecule has 0 saturated heterocycles. The molecule has 7 heteroatoms. The number of amides is 1. The molecule has 0 radical (unpaired) electrons. The molecule has 0 aromatic carbocycles. The summed E-state index contributed by atoms with van der Waals surface area (Å²) in [7, 11) is -3.32. The van der Waals surface area contributed by atoms with Crippen LogP contribution in [-0.2, 0) is 14.8 Å². The van der Waals surface area contributed by atoms with E-state index in [4.69, 9.17) is 11.6 Å². The zero-order chi connectivity index (χ0) is 12.6. The normalized spacial score (nSPS) is 13.4. The minimum atomic E-state index is -3.32. The molecular formula is C9H19ClN2O3S. The van der Waals surface area contributed by atoms with Gasteiger partial charge in [0.1, 0.15) is 0 Å². The highest BCUT2D eigenvalue weighted by Gasteiger charge is 2.10. The molecule has 0 spiro atoms. The molecule has 1 unspecified atom stereocenters. The van der Waals surface area contributed by atoms with Crippen molar-refractivity contribution in [3.05, 3.63) is 0 Å². The van der Waals surface area contributed by atoms with E-state index in [1.165, 1.54) is 0 Å². The molecule has 0 bridgehead atoms. The Morgan fingerprint density at radius 2 is 2.06 bits per heavy atom. The van der Waals surface area contributed by atoms with Gasteiger partial charge in [0.05, 0.1) is 5.75 Å². The molecule has 0 saturated carbocycles. The van der Waals surface area contributed by atoms with Crippen LogP contribution in [0, 0.1) is 0 Å². The van der Waals surface area contributed by atoms with E-state index in [1.54, 1.807) is 0 Å². The van der Waals surface area contributed by atoms with Gasteiger partial charge in [0.2, 0.25) is 15.9 Å². The van der Waals surface area contributed by atoms with Crippen LogP contribution < -0.4 is 10.0 Å². The fraction of sp³-hybridized carbons (Fsp3) is 0.889.